The number of ether oxygens (including phenoxy) is 1. The first-order valence-electron chi connectivity index (χ1n) is 17.1. The van der Waals surface area contributed by atoms with Crippen molar-refractivity contribution >= 4 is 28.2 Å². The fourth-order valence-corrected chi connectivity index (χ4v) is 6.28. The van der Waals surface area contributed by atoms with Gasteiger partial charge in [-0.3, -0.25) is 4.79 Å². The number of nitrogens with zero attached hydrogens (tertiary/aromatic N) is 6. The summed E-state index contributed by atoms with van der Waals surface area (Å²) in [5.74, 6) is 0.663. The zero-order valence-corrected chi connectivity index (χ0v) is 23.0. The second kappa shape index (κ2) is 11.1. The lowest BCUT2D eigenvalue weighted by molar-refractivity contribution is -0.128. The van der Waals surface area contributed by atoms with E-state index in [1.807, 2.05) is 36.1 Å². The number of fused-ring (bicyclic) bond motifs is 2. The molecular weight excluding hydrogens is 500 g/mol. The van der Waals surface area contributed by atoms with Crippen molar-refractivity contribution in [2.45, 2.75) is 51.7 Å². The van der Waals surface area contributed by atoms with Crippen LogP contribution in [0.1, 0.15) is 44.8 Å². The molecule has 2 fully saturated rings. The molecule has 0 unspecified atom stereocenters. The number of carbonyl (C=O) groups is 1. The van der Waals surface area contributed by atoms with Gasteiger partial charge in [-0.15, -0.1) is 0 Å². The first-order chi connectivity index (χ1) is 21.8. The number of hydrogen-bond donors (Lipinski definition) is 0. The van der Waals surface area contributed by atoms with Crippen molar-refractivity contribution in [2.24, 2.45) is 0 Å². The molecule has 0 radical (unpaired) electrons. The van der Waals surface area contributed by atoms with Crippen molar-refractivity contribution in [3.8, 4) is 6.01 Å². The van der Waals surface area contributed by atoms with E-state index in [1.165, 1.54) is 11.0 Å². The molecule has 0 N–H and O–H groups in total. The number of aryl methyl sites for hydroxylation is 1. The van der Waals surface area contributed by atoms with Gasteiger partial charge in [-0.25, -0.2) is 0 Å². The van der Waals surface area contributed by atoms with Crippen molar-refractivity contribution in [1.82, 2.24) is 19.8 Å². The number of carbonyl (C=O) groups excluding carboxylic acids is 1. The number of amides is 1. The van der Waals surface area contributed by atoms with E-state index in [9.17, 15) is 4.79 Å². The number of benzene rings is 2. The van der Waals surface area contributed by atoms with Crippen molar-refractivity contribution < 1.29 is 17.8 Å². The molecule has 2 saturated heterocycles. The Morgan fingerprint density at radius 1 is 1.15 bits per heavy atom. The Hall–Kier alpha value is -3.65. The minimum atomic E-state index is -2.27. The maximum absolute atomic E-state index is 12.4. The number of piperazine rings is 1. The maximum atomic E-state index is 12.4. The van der Waals surface area contributed by atoms with Crippen LogP contribution in [0.5, 0.6) is 6.01 Å². The van der Waals surface area contributed by atoms with Gasteiger partial charge in [-0.1, -0.05) is 36.9 Å². The van der Waals surface area contributed by atoms with Crippen LogP contribution in [0.25, 0.3) is 10.8 Å². The van der Waals surface area contributed by atoms with Gasteiger partial charge in [-0.2, -0.15) is 9.97 Å². The Morgan fingerprint density at radius 2 is 2.02 bits per heavy atom. The summed E-state index contributed by atoms with van der Waals surface area (Å²) in [6.07, 6.45) is 3.48. The molecule has 210 valence electrons. The lowest BCUT2D eigenvalue weighted by Gasteiger charge is -2.41. The molecule has 3 aromatic rings. The number of rotatable bonds is 6. The van der Waals surface area contributed by atoms with E-state index >= 15 is 0 Å². The van der Waals surface area contributed by atoms with Crippen LogP contribution in [0, 0.1) is 6.85 Å². The van der Waals surface area contributed by atoms with Gasteiger partial charge < -0.3 is 24.3 Å². The quantitative estimate of drug-likeness (QED) is 0.430. The molecule has 0 aliphatic carbocycles. The average Bonchev–Trinajstić information content (AvgIpc) is 3.51. The van der Waals surface area contributed by atoms with Gasteiger partial charge in [0.1, 0.15) is 12.4 Å². The first-order valence-corrected chi connectivity index (χ1v) is 14.1. The summed E-state index contributed by atoms with van der Waals surface area (Å²) in [6, 6.07) is 11.1. The summed E-state index contributed by atoms with van der Waals surface area (Å²) in [7, 11) is 0. The Bertz CT molecular complexity index is 1620. The molecule has 6 rings (SSSR count). The van der Waals surface area contributed by atoms with Crippen LogP contribution in [0.15, 0.2) is 49.1 Å². The summed E-state index contributed by atoms with van der Waals surface area (Å²) in [6.45, 7) is 4.57. The fourth-order valence-electron chi connectivity index (χ4n) is 6.28. The number of aromatic nitrogens is 2. The fraction of sp³-hybridized carbons (Fsp3) is 0.469. The van der Waals surface area contributed by atoms with Crippen molar-refractivity contribution in [1.29, 1.82) is 0 Å². The number of hydrogen-bond acceptors (Lipinski definition) is 7. The molecule has 8 nitrogen and oxygen atoms in total. The molecule has 2 atom stereocenters. The number of likely N-dealkylation sites (tertiary alicyclic amines) is 1. The highest BCUT2D eigenvalue weighted by molar-refractivity contribution is 5.97. The Labute approximate surface area is 245 Å². The summed E-state index contributed by atoms with van der Waals surface area (Å²) in [5.41, 5.74) is 2.93. The summed E-state index contributed by atoms with van der Waals surface area (Å²) in [5, 5.41) is 1.57. The molecule has 4 heterocycles. The van der Waals surface area contributed by atoms with Gasteiger partial charge in [0.05, 0.1) is 12.2 Å². The van der Waals surface area contributed by atoms with Gasteiger partial charge >= 0.3 is 6.01 Å². The van der Waals surface area contributed by atoms with Gasteiger partial charge in [0.25, 0.3) is 0 Å². The van der Waals surface area contributed by atoms with Crippen molar-refractivity contribution in [3.63, 3.8) is 0 Å². The normalized spacial score (nSPS) is 24.4. The molecule has 0 spiro atoms. The number of likely N-dealkylation sites (N-methyl/N-ethyl adjacent to an activating group) is 1. The molecule has 1 amide bonds. The van der Waals surface area contributed by atoms with Crippen LogP contribution >= 0.6 is 0 Å². The third-order valence-electron chi connectivity index (χ3n) is 8.41. The van der Waals surface area contributed by atoms with Crippen LogP contribution in [-0.4, -0.2) is 84.1 Å². The van der Waals surface area contributed by atoms with Crippen LogP contribution < -0.4 is 14.5 Å². The highest BCUT2D eigenvalue weighted by atomic mass is 16.5. The monoisotopic (exact) mass is 546 g/mol. The molecule has 1 aromatic heterocycles. The second-order valence-corrected chi connectivity index (χ2v) is 10.9. The minimum Gasteiger partial charge on any atom is -0.462 e. The zero-order valence-electron chi connectivity index (χ0n) is 29.0. The van der Waals surface area contributed by atoms with E-state index in [0.717, 1.165) is 34.6 Å². The average molecular weight is 547 g/mol. The molecule has 3 aliphatic heterocycles. The van der Waals surface area contributed by atoms with E-state index in [-0.39, 0.29) is 30.6 Å². The third-order valence-corrected chi connectivity index (χ3v) is 8.41. The second-order valence-electron chi connectivity index (χ2n) is 10.9. The lowest BCUT2D eigenvalue weighted by Crippen LogP contribution is -2.54. The predicted molar refractivity (Wildman–Crippen MR) is 160 cm³/mol. The van der Waals surface area contributed by atoms with E-state index in [1.54, 1.807) is 12.1 Å². The van der Waals surface area contributed by atoms with Crippen molar-refractivity contribution in [2.75, 3.05) is 56.1 Å². The van der Waals surface area contributed by atoms with E-state index in [0.29, 0.717) is 63.1 Å². The summed E-state index contributed by atoms with van der Waals surface area (Å²) >= 11 is 0. The van der Waals surface area contributed by atoms with Gasteiger partial charge in [0.2, 0.25) is 5.91 Å². The summed E-state index contributed by atoms with van der Waals surface area (Å²) < 4.78 is 54.5. The van der Waals surface area contributed by atoms with Crippen LogP contribution in [0.4, 0.5) is 11.5 Å². The van der Waals surface area contributed by atoms with E-state index in [4.69, 9.17) is 22.9 Å². The van der Waals surface area contributed by atoms with Crippen molar-refractivity contribution in [3.05, 3.63) is 65.9 Å². The number of anilines is 2. The maximum Gasteiger partial charge on any atom is 0.318 e. The molecule has 0 bridgehead atoms. The molecular formula is C32H40N6O2. The largest absolute Gasteiger partial charge is 0.462 e. The first kappa shape index (κ1) is 20.3. The smallest absolute Gasteiger partial charge is 0.318 e. The van der Waals surface area contributed by atoms with E-state index in [2.05, 4.69) is 16.4 Å². The zero-order chi connectivity index (χ0) is 32.8. The highest BCUT2D eigenvalue weighted by Crippen LogP contribution is 2.36. The topological polar surface area (TPSA) is 65.0 Å². The standard InChI is InChI=1S/C32H40N6O2/c1-5-29(39)38-18-17-37(19-23(38)3)31-26-14-16-36(28-13-7-11-24-10-6-9-22(2)30(24)28)20-27(26)33-32(34-31)40-21-25-12-8-15-35(25)4/h5-7,9-11,13,23,25H,1,8,12,14-21H2,2-4H3/t23-,25-/m0/s1/i2D3,4D3. The van der Waals surface area contributed by atoms with E-state index < -0.39 is 13.8 Å². The predicted octanol–water partition coefficient (Wildman–Crippen LogP) is 4.20. The molecule has 40 heavy (non-hydrogen) atoms. The van der Waals surface area contributed by atoms with Crippen LogP contribution in [0.3, 0.4) is 0 Å². The molecule has 0 saturated carbocycles. The Kier molecular flexibility index (Phi) is 5.61. The molecule has 3 aliphatic rings. The minimum absolute atomic E-state index is 0.0605. The molecule has 2 aromatic carbocycles. The molecule has 8 heteroatoms. The van der Waals surface area contributed by atoms with Crippen LogP contribution in [0.2, 0.25) is 0 Å². The Balaban J connectivity index is 1.35. The van der Waals surface area contributed by atoms with Gasteiger partial charge in [0, 0.05) is 63.1 Å². The highest BCUT2D eigenvalue weighted by Gasteiger charge is 2.32. The van der Waals surface area contributed by atoms with Crippen LogP contribution in [-0.2, 0) is 17.8 Å². The SMILES string of the molecule is [2H]C([2H])([2H])c1cccc2cccc(N3CCc4c(nc(OC[C@@H]5CCCN5C([2H])([2H])[2H])nc4N4CCN(C(=O)C=C)[C@@H](C)C4)C3)c12. The van der Waals surface area contributed by atoms with Gasteiger partial charge in [-0.05, 0) is 69.7 Å². The third kappa shape index (κ3) is 5.01. The lowest BCUT2D eigenvalue weighted by atomic mass is 9.99. The van der Waals surface area contributed by atoms with Gasteiger partial charge in [0.15, 0.2) is 0 Å². The summed E-state index contributed by atoms with van der Waals surface area (Å²) in [4.78, 5) is 29.8. The Morgan fingerprint density at radius 3 is 2.83 bits per heavy atom.